The zero-order valence-corrected chi connectivity index (χ0v) is 89.2. The van der Waals surface area contributed by atoms with Gasteiger partial charge in [-0.05, 0) is 333 Å². The maximum absolute atomic E-state index is 12.6. The molecule has 0 unspecified atom stereocenters. The van der Waals surface area contributed by atoms with E-state index in [2.05, 4.69) is 174 Å². The first-order valence-electron chi connectivity index (χ1n) is 50.1. The summed E-state index contributed by atoms with van der Waals surface area (Å²) in [6, 6.07) is 48.5. The van der Waals surface area contributed by atoms with Gasteiger partial charge < -0.3 is 26.6 Å². The largest absolute Gasteiger partial charge is 0.382 e. The molecule has 7 aliphatic rings. The fourth-order valence-electron chi connectivity index (χ4n) is 19.3. The first-order chi connectivity index (χ1) is 69.8. The molecule has 4 aromatic carbocycles. The van der Waals surface area contributed by atoms with Crippen LogP contribution in [-0.4, -0.2) is 236 Å². The topological polar surface area (TPSA) is 376 Å². The molecule has 764 valence electrons. The van der Waals surface area contributed by atoms with Gasteiger partial charge in [-0.25, -0.2) is 46.4 Å². The van der Waals surface area contributed by atoms with Crippen molar-refractivity contribution in [2.24, 2.45) is 0 Å². The van der Waals surface area contributed by atoms with E-state index in [4.69, 9.17) is 0 Å². The molecule has 5 N–H and O–H groups in total. The molecule has 7 fully saturated rings. The number of nitrogens with zero attached hydrogens (tertiary/aromatic N) is 15. The van der Waals surface area contributed by atoms with Crippen LogP contribution in [0.3, 0.4) is 0 Å². The van der Waals surface area contributed by atoms with Gasteiger partial charge in [0.25, 0.3) is 0 Å². The van der Waals surface area contributed by atoms with Gasteiger partial charge in [0.1, 0.15) is 0 Å². The first kappa shape index (κ1) is 105. The van der Waals surface area contributed by atoms with E-state index >= 15 is 0 Å². The number of piperidine rings is 1. The Labute approximate surface area is 858 Å². The molecule has 2 aliphatic carbocycles. The molecule has 146 heavy (non-hydrogen) atoms. The van der Waals surface area contributed by atoms with Crippen molar-refractivity contribution in [1.82, 2.24) is 76.7 Å². The summed E-state index contributed by atoms with van der Waals surface area (Å²) < 4.78 is 131. The highest BCUT2D eigenvalue weighted by molar-refractivity contribution is 7.90. The van der Waals surface area contributed by atoms with Gasteiger partial charge in [-0.1, -0.05) is 38.1 Å². The normalized spacial score (nSPS) is 16.7. The lowest BCUT2D eigenvalue weighted by molar-refractivity contribution is 0.246. The van der Waals surface area contributed by atoms with Crippen LogP contribution in [0.5, 0.6) is 0 Å². The Balaban J connectivity index is 0.000000125. The molecule has 10 aromatic heterocycles. The molecular weight excluding hydrogens is 1930 g/mol. The van der Waals surface area contributed by atoms with Gasteiger partial charge in [0, 0.05) is 252 Å². The molecule has 5 saturated heterocycles. The van der Waals surface area contributed by atoms with Gasteiger partial charge in [0.2, 0.25) is 50.1 Å². The molecule has 14 aromatic rings. The van der Waals surface area contributed by atoms with Gasteiger partial charge in [-0.2, -0.15) is 17.2 Å². The lowest BCUT2D eigenvalue weighted by Gasteiger charge is -2.42. The summed E-state index contributed by atoms with van der Waals surface area (Å²) in [5.74, 6) is 0.342. The van der Waals surface area contributed by atoms with Crippen LogP contribution in [0.4, 0.5) is 22.7 Å². The molecule has 2 saturated carbocycles. The summed E-state index contributed by atoms with van der Waals surface area (Å²) >= 11 is 0. The minimum absolute atomic E-state index is 0.0661. The maximum atomic E-state index is 12.6. The lowest BCUT2D eigenvalue weighted by Crippen LogP contribution is -2.59. The molecular formula is C111H130N20O10S5. The van der Waals surface area contributed by atoms with Crippen LogP contribution in [-0.2, 0) is 50.1 Å². The number of benzene rings is 4. The van der Waals surface area contributed by atoms with Crippen LogP contribution in [0.15, 0.2) is 214 Å². The van der Waals surface area contributed by atoms with Crippen molar-refractivity contribution in [1.29, 1.82) is 0 Å². The number of aryl methyl sites for hydroxylation is 9. The summed E-state index contributed by atoms with van der Waals surface area (Å²) in [4.78, 5) is 43.6. The molecule has 21 rings (SSSR count). The Kier molecular flexibility index (Phi) is 32.0. The second-order valence-electron chi connectivity index (χ2n) is 39.6. The number of rotatable bonds is 28. The minimum Gasteiger partial charge on any atom is -0.382 e. The fraction of sp³-hybridized carbons (Fsp3) is 0.369. The average Bonchev–Trinajstić information content (AvgIpc) is 1.02. The molecule has 15 heterocycles. The summed E-state index contributed by atoms with van der Waals surface area (Å²) in [5.41, 5.74) is 25.5. The van der Waals surface area contributed by atoms with E-state index in [1.165, 1.54) is 4.31 Å². The Bertz CT molecular complexity index is 7760. The number of anilines is 4. The van der Waals surface area contributed by atoms with Gasteiger partial charge in [-0.3, -0.25) is 49.8 Å². The highest BCUT2D eigenvalue weighted by Gasteiger charge is 2.46. The smallest absolute Gasteiger partial charge is 0.217 e. The monoisotopic (exact) mass is 2060 g/mol. The molecule has 0 atom stereocenters. The Hall–Kier alpha value is -12.6. The van der Waals surface area contributed by atoms with E-state index < -0.39 is 50.1 Å². The van der Waals surface area contributed by atoms with E-state index in [1.54, 1.807) is 75.2 Å². The van der Waals surface area contributed by atoms with Crippen molar-refractivity contribution < 1.29 is 42.1 Å². The summed E-state index contributed by atoms with van der Waals surface area (Å²) in [5, 5.41) is 25.6. The molecule has 35 heteroatoms. The maximum Gasteiger partial charge on any atom is 0.217 e. The number of nitrogens with one attached hydrogen (secondary N) is 5. The van der Waals surface area contributed by atoms with Gasteiger partial charge >= 0.3 is 0 Å². The fourth-order valence-corrected chi connectivity index (χ4v) is 27.4. The van der Waals surface area contributed by atoms with Gasteiger partial charge in [0.15, 0.2) is 0 Å². The number of sulfonamides is 5. The molecule has 30 nitrogen and oxygen atoms in total. The predicted molar refractivity (Wildman–Crippen MR) is 589 cm³/mol. The SMILES string of the molecule is C=C(NC1CN(S(=O)(=O)CC)C1)c1cnccc1/C=C/c1cc(C)nc(C)c1.CCCS(=O)(=O)N1CC(Nc2cc(-c3cc(C)nc(C)c3)cc3ccncc23)C1.Cc1cc(-c2cc(NC3CN(S(=O)(=O)C4CC4)C3)c3cnccc3c2)cc(C)n1.Cc1cc(-c2cc(NC3CN(S(=O)(=O)C4CCC4)C3)c3cnccc3c2)cc(C)n1.Cc1ccc(-c2cc(NC3CCN(S(=O)(=O)C(C)C)CC3)c3cnccc3c2)cn1. The number of aromatic nitrogens is 10. The van der Waals surface area contributed by atoms with Crippen LogP contribution in [0.25, 0.3) is 105 Å². The molecule has 0 spiro atoms. The van der Waals surface area contributed by atoms with Gasteiger partial charge in [-0.15, -0.1) is 0 Å². The molecule has 0 amide bonds. The number of hydrogen-bond acceptors (Lipinski definition) is 25. The van der Waals surface area contributed by atoms with E-state index in [0.717, 1.165) is 229 Å². The van der Waals surface area contributed by atoms with Crippen molar-refractivity contribution in [3.05, 3.63) is 282 Å². The van der Waals surface area contributed by atoms with Crippen LogP contribution in [0.1, 0.15) is 147 Å². The highest BCUT2D eigenvalue weighted by atomic mass is 32.2. The van der Waals surface area contributed by atoms with Crippen LogP contribution >= 0.6 is 0 Å². The van der Waals surface area contributed by atoms with E-state index in [1.807, 2.05) is 161 Å². The number of fused-ring (bicyclic) bond motifs is 4. The van der Waals surface area contributed by atoms with E-state index in [0.29, 0.717) is 71.9 Å². The number of pyridine rings is 10. The Morgan fingerprint density at radius 2 is 0.712 bits per heavy atom. The minimum atomic E-state index is -3.19. The third-order valence-electron chi connectivity index (χ3n) is 27.6. The summed E-state index contributed by atoms with van der Waals surface area (Å²) in [6.45, 7) is 34.3. The van der Waals surface area contributed by atoms with Crippen molar-refractivity contribution in [2.45, 2.75) is 187 Å². The van der Waals surface area contributed by atoms with E-state index in [-0.39, 0.29) is 57.5 Å². The predicted octanol–water partition coefficient (Wildman–Crippen LogP) is 18.2. The quantitative estimate of drug-likeness (QED) is 0.0304. The van der Waals surface area contributed by atoms with Crippen molar-refractivity contribution >= 4 is 134 Å². The van der Waals surface area contributed by atoms with Crippen molar-refractivity contribution in [3.8, 4) is 44.5 Å². The Morgan fingerprint density at radius 1 is 0.363 bits per heavy atom. The second kappa shape index (κ2) is 44.6. The van der Waals surface area contributed by atoms with Crippen molar-refractivity contribution in [3.63, 3.8) is 0 Å². The zero-order valence-electron chi connectivity index (χ0n) is 85.1. The van der Waals surface area contributed by atoms with Crippen LogP contribution in [0, 0.1) is 62.3 Å². The summed E-state index contributed by atoms with van der Waals surface area (Å²) in [7, 11) is -15.6. The summed E-state index contributed by atoms with van der Waals surface area (Å²) in [6.07, 6.45) is 30.6. The molecule has 0 bridgehead atoms. The molecule has 5 aliphatic heterocycles. The first-order valence-corrected chi connectivity index (χ1v) is 57.8. The lowest BCUT2D eigenvalue weighted by atomic mass is 9.99. The van der Waals surface area contributed by atoms with Crippen molar-refractivity contribution in [2.75, 3.05) is 98.2 Å². The van der Waals surface area contributed by atoms with Crippen LogP contribution < -0.4 is 26.6 Å². The second-order valence-corrected chi connectivity index (χ2v) is 50.9. The third kappa shape index (κ3) is 24.9. The number of hydrogen-bond donors (Lipinski definition) is 5. The van der Waals surface area contributed by atoms with E-state index in [9.17, 15) is 42.1 Å². The standard InChI is InChI=1S/C23H26N4O2S.C23H28N4O2S.C22H24N4O2S.C22H26N4O2S.C21H26N4O2S/c1-15-8-18(9-16(2)25-15)19-10-17-6-7-24-12-22(17)23(11-19)26-20-13-27(14-20)30(28,29)21-4-3-5-21;1-16(2)30(28,29)27-10-7-21(8-11-27)26-23-13-20(19-5-4-17(3)25-14-19)12-18-6-9-24-15-22(18)23;1-14-7-17(8-15(2)24-14)18-9-16-5-6-23-11-21(16)22(10-18)25-19-12-26(13-19)29(27,28)20-3-4-20;1-4-7-29(27,28)26-13-20(14-26)25-22-11-19(10-17-5-6-23-12-21(17)22)18-8-15(2)24-16(3)9-18;1-5-28(26,27)25-13-20(14-25)24-17(4)21-12-22-9-8-19(21)7-6-18-10-15(2)23-16(3)11-18/h6-12,20-21,26H,3-5,13-14H2,1-2H3;4-6,9,12-16,21,26H,7-8,10-11H2,1-3H3;5-11,19-20,25H,3-4,12-13H2,1-2H3;5-6,8-12,20,25H,4,7,13-14H2,1-3H3;6-12,20,24H,4-5,13-14H2,1-3H3/b;;;;7-6+. The highest BCUT2D eigenvalue weighted by Crippen LogP contribution is 2.41. The molecule has 0 radical (unpaired) electrons. The van der Waals surface area contributed by atoms with Crippen LogP contribution in [0.2, 0.25) is 0 Å². The zero-order chi connectivity index (χ0) is 103. The average molecular weight is 2060 g/mol. The Morgan fingerprint density at radius 3 is 1.08 bits per heavy atom. The third-order valence-corrected chi connectivity index (χ3v) is 38.4. The van der Waals surface area contributed by atoms with Gasteiger partial charge in [0.05, 0.1) is 51.4 Å².